The number of carbonyl (C=O) groups excluding carboxylic acids is 1. The number of carbonyl (C=O) groups is 1. The minimum atomic E-state index is -0.196. The van der Waals surface area contributed by atoms with E-state index < -0.39 is 0 Å². The lowest BCUT2D eigenvalue weighted by molar-refractivity contribution is -0.118. The molecule has 2 aromatic heterocycles. The average molecular weight is 496 g/mol. The Morgan fingerprint density at radius 1 is 1.12 bits per heavy atom. The Morgan fingerprint density at radius 2 is 1.88 bits per heavy atom. The summed E-state index contributed by atoms with van der Waals surface area (Å²) in [6.45, 7) is 2.52. The maximum atomic E-state index is 12.8. The van der Waals surface area contributed by atoms with Crippen LogP contribution >= 0.6 is 23.1 Å². The molecule has 0 saturated carbocycles. The maximum Gasteiger partial charge on any atom is 0.260 e. The van der Waals surface area contributed by atoms with Crippen LogP contribution in [0.5, 0.6) is 11.5 Å². The second kappa shape index (κ2) is 10.8. The van der Waals surface area contributed by atoms with E-state index in [9.17, 15) is 9.59 Å². The van der Waals surface area contributed by atoms with Gasteiger partial charge < -0.3 is 19.8 Å². The summed E-state index contributed by atoms with van der Waals surface area (Å²) in [5.74, 6) is 1.37. The number of rotatable bonds is 9. The zero-order chi connectivity index (χ0) is 24.1. The maximum absolute atomic E-state index is 12.8. The highest BCUT2D eigenvalue weighted by molar-refractivity contribution is 7.99. The number of aromatic nitrogens is 2. The van der Waals surface area contributed by atoms with Crippen LogP contribution < -0.4 is 20.3 Å². The number of H-pyrrole nitrogens is 1. The van der Waals surface area contributed by atoms with Gasteiger partial charge in [0.05, 0.1) is 25.4 Å². The summed E-state index contributed by atoms with van der Waals surface area (Å²) in [7, 11) is 3.19. The quantitative estimate of drug-likeness (QED) is 0.264. The van der Waals surface area contributed by atoms with Gasteiger partial charge in [0, 0.05) is 17.5 Å². The predicted octanol–water partition coefficient (Wildman–Crippen LogP) is 4.43. The fourth-order valence-corrected chi connectivity index (χ4v) is 5.21. The van der Waals surface area contributed by atoms with Gasteiger partial charge in [-0.05, 0) is 36.6 Å². The molecule has 0 aliphatic rings. The Labute approximate surface area is 205 Å². The van der Waals surface area contributed by atoms with Crippen LogP contribution in [-0.2, 0) is 11.2 Å². The molecule has 2 N–H and O–H groups in total. The number of thioether (sulfide) groups is 1. The second-order valence-electron chi connectivity index (χ2n) is 7.64. The zero-order valence-electron chi connectivity index (χ0n) is 19.1. The van der Waals surface area contributed by atoms with Crippen molar-refractivity contribution >= 4 is 39.2 Å². The lowest BCUT2D eigenvalue weighted by Gasteiger charge is -2.10. The minimum absolute atomic E-state index is 0.125. The first-order valence-electron chi connectivity index (χ1n) is 10.7. The molecule has 0 spiro atoms. The fourth-order valence-electron chi connectivity index (χ4n) is 3.51. The van der Waals surface area contributed by atoms with E-state index in [0.29, 0.717) is 39.8 Å². The largest absolute Gasteiger partial charge is 0.493 e. The van der Waals surface area contributed by atoms with Crippen molar-refractivity contribution in [2.24, 2.45) is 0 Å². The Kier molecular flexibility index (Phi) is 7.54. The summed E-state index contributed by atoms with van der Waals surface area (Å²) < 4.78 is 10.6. The second-order valence-corrected chi connectivity index (χ2v) is 9.47. The molecule has 0 radical (unpaired) electrons. The number of hydrogen-bond acceptors (Lipinski definition) is 7. The summed E-state index contributed by atoms with van der Waals surface area (Å²) in [5, 5.41) is 5.87. The van der Waals surface area contributed by atoms with Gasteiger partial charge in [-0.3, -0.25) is 9.59 Å². The molecule has 0 saturated heterocycles. The molecular weight excluding hydrogens is 470 g/mol. The van der Waals surface area contributed by atoms with E-state index in [0.717, 1.165) is 22.3 Å². The fraction of sp³-hybridized carbons (Fsp3) is 0.240. The molecule has 2 aromatic carbocycles. The SMILES string of the molecule is COc1ccc(CCNC(=O)CSc2nc3scc(-c4ccc(C)cc4)c3c(=O)[nH]2)cc1OC. The highest BCUT2D eigenvalue weighted by Gasteiger charge is 2.14. The summed E-state index contributed by atoms with van der Waals surface area (Å²) >= 11 is 2.64. The molecule has 0 aliphatic heterocycles. The van der Waals surface area contributed by atoms with Crippen LogP contribution in [0.15, 0.2) is 57.8 Å². The van der Waals surface area contributed by atoms with Crippen LogP contribution in [0.3, 0.4) is 0 Å². The topological polar surface area (TPSA) is 93.3 Å². The lowest BCUT2D eigenvalue weighted by atomic mass is 10.1. The Bertz CT molecular complexity index is 1360. The van der Waals surface area contributed by atoms with Crippen molar-refractivity contribution in [2.75, 3.05) is 26.5 Å². The smallest absolute Gasteiger partial charge is 0.260 e. The van der Waals surface area contributed by atoms with Gasteiger partial charge >= 0.3 is 0 Å². The molecule has 0 fully saturated rings. The first-order chi connectivity index (χ1) is 16.5. The standard InChI is InChI=1S/C25H25N3O4S2/c1-15-4-7-17(8-5-15)18-13-33-24-22(18)23(30)27-25(28-24)34-14-21(29)26-11-10-16-6-9-19(31-2)20(12-16)32-3/h4-9,12-13H,10-11,14H2,1-3H3,(H,26,29)(H,27,28,30). The van der Waals surface area contributed by atoms with Crippen LogP contribution in [-0.4, -0.2) is 42.4 Å². The van der Waals surface area contributed by atoms with Crippen molar-refractivity contribution in [3.63, 3.8) is 0 Å². The molecule has 9 heteroatoms. The first-order valence-corrected chi connectivity index (χ1v) is 12.5. The van der Waals surface area contributed by atoms with Crippen molar-refractivity contribution in [1.29, 1.82) is 0 Å². The molecule has 1 amide bonds. The van der Waals surface area contributed by atoms with Gasteiger partial charge in [0.15, 0.2) is 16.7 Å². The normalized spacial score (nSPS) is 10.9. The third-order valence-electron chi connectivity index (χ3n) is 5.31. The highest BCUT2D eigenvalue weighted by Crippen LogP contribution is 2.31. The molecule has 4 aromatic rings. The molecule has 0 bridgehead atoms. The molecule has 0 atom stereocenters. The van der Waals surface area contributed by atoms with E-state index in [1.807, 2.05) is 54.8 Å². The molecule has 0 unspecified atom stereocenters. The van der Waals surface area contributed by atoms with Crippen molar-refractivity contribution in [1.82, 2.24) is 15.3 Å². The van der Waals surface area contributed by atoms with Gasteiger partial charge in [0.1, 0.15) is 4.83 Å². The van der Waals surface area contributed by atoms with Crippen LogP contribution in [0.25, 0.3) is 21.3 Å². The average Bonchev–Trinajstić information content (AvgIpc) is 3.27. The number of aromatic amines is 1. The lowest BCUT2D eigenvalue weighted by Crippen LogP contribution is -2.27. The first kappa shape index (κ1) is 23.8. The number of methoxy groups -OCH3 is 2. The number of hydrogen-bond donors (Lipinski definition) is 2. The summed E-state index contributed by atoms with van der Waals surface area (Å²) in [5.41, 5.74) is 3.86. The van der Waals surface area contributed by atoms with E-state index in [1.165, 1.54) is 23.1 Å². The van der Waals surface area contributed by atoms with Crippen LogP contribution in [0.4, 0.5) is 0 Å². The minimum Gasteiger partial charge on any atom is -0.493 e. The van der Waals surface area contributed by atoms with Crippen LogP contribution in [0.1, 0.15) is 11.1 Å². The number of nitrogens with one attached hydrogen (secondary N) is 2. The van der Waals surface area contributed by atoms with Gasteiger partial charge in [-0.2, -0.15) is 0 Å². The monoisotopic (exact) mass is 495 g/mol. The third kappa shape index (κ3) is 5.43. The Morgan fingerprint density at radius 3 is 2.62 bits per heavy atom. The number of benzene rings is 2. The summed E-state index contributed by atoms with van der Waals surface area (Å²) in [6.07, 6.45) is 0.661. The molecule has 2 heterocycles. The number of amides is 1. The van der Waals surface area contributed by atoms with Crippen molar-refractivity contribution < 1.29 is 14.3 Å². The van der Waals surface area contributed by atoms with E-state index in [1.54, 1.807) is 14.2 Å². The van der Waals surface area contributed by atoms with Gasteiger partial charge in [-0.15, -0.1) is 11.3 Å². The van der Waals surface area contributed by atoms with Crippen molar-refractivity contribution in [3.8, 4) is 22.6 Å². The number of fused-ring (bicyclic) bond motifs is 1. The van der Waals surface area contributed by atoms with Gasteiger partial charge in [-0.25, -0.2) is 4.98 Å². The zero-order valence-corrected chi connectivity index (χ0v) is 20.8. The van der Waals surface area contributed by atoms with Crippen LogP contribution in [0.2, 0.25) is 0 Å². The summed E-state index contributed by atoms with van der Waals surface area (Å²) in [6, 6.07) is 13.7. The third-order valence-corrected chi connectivity index (χ3v) is 7.05. The Hall–Kier alpha value is -3.30. The van der Waals surface area contributed by atoms with E-state index >= 15 is 0 Å². The molecule has 34 heavy (non-hydrogen) atoms. The molecule has 176 valence electrons. The highest BCUT2D eigenvalue weighted by atomic mass is 32.2. The van der Waals surface area contributed by atoms with Gasteiger partial charge in [0.2, 0.25) is 5.91 Å². The predicted molar refractivity (Wildman–Crippen MR) is 137 cm³/mol. The Balaban J connectivity index is 1.35. The van der Waals surface area contributed by atoms with Gasteiger partial charge in [0.25, 0.3) is 5.56 Å². The number of nitrogens with zero attached hydrogens (tertiary/aromatic N) is 1. The van der Waals surface area contributed by atoms with Crippen LogP contribution in [0, 0.1) is 6.92 Å². The van der Waals surface area contributed by atoms with E-state index in [2.05, 4.69) is 15.3 Å². The van der Waals surface area contributed by atoms with E-state index in [-0.39, 0.29) is 17.2 Å². The molecule has 7 nitrogen and oxygen atoms in total. The van der Waals surface area contributed by atoms with Gasteiger partial charge in [-0.1, -0.05) is 47.7 Å². The number of aryl methyl sites for hydroxylation is 1. The number of ether oxygens (including phenoxy) is 2. The number of thiophene rings is 1. The molecular formula is C25H25N3O4S2. The van der Waals surface area contributed by atoms with Crippen molar-refractivity contribution in [3.05, 3.63) is 69.3 Å². The summed E-state index contributed by atoms with van der Waals surface area (Å²) in [4.78, 5) is 33.1. The molecule has 0 aliphatic carbocycles. The van der Waals surface area contributed by atoms with E-state index in [4.69, 9.17) is 9.47 Å². The van der Waals surface area contributed by atoms with Crippen molar-refractivity contribution in [2.45, 2.75) is 18.5 Å². The molecule has 4 rings (SSSR count).